The molecule has 3 aromatic carbocycles. The molecule has 0 aliphatic carbocycles. The minimum absolute atomic E-state index is 0.0600. The van der Waals surface area contributed by atoms with E-state index in [9.17, 15) is 35.8 Å². The Morgan fingerprint density at radius 1 is 0.842 bits per heavy atom. The average Bonchev–Trinajstić information content (AvgIpc) is 3.39. The Morgan fingerprint density at radius 2 is 1.53 bits per heavy atom. The summed E-state index contributed by atoms with van der Waals surface area (Å²) in [6, 6.07) is 18.5. The summed E-state index contributed by atoms with van der Waals surface area (Å²) in [7, 11) is 0. The summed E-state index contributed by atoms with van der Waals surface area (Å²) in [5.74, 6) is -0.453. The molecule has 0 unspecified atom stereocenters. The highest BCUT2D eigenvalue weighted by molar-refractivity contribution is 5.60. The molecule has 11 heteroatoms. The van der Waals surface area contributed by atoms with Gasteiger partial charge in [-0.05, 0) is 42.5 Å². The van der Waals surface area contributed by atoms with E-state index in [0.29, 0.717) is 23.1 Å². The first-order valence-corrected chi connectivity index (χ1v) is 11.2. The van der Waals surface area contributed by atoms with Gasteiger partial charge in [-0.25, -0.2) is 4.39 Å². The van der Waals surface area contributed by atoms with Gasteiger partial charge in [0.15, 0.2) is 6.10 Å². The Balaban J connectivity index is 1.64. The molecule has 0 fully saturated rings. The number of hydrogen-bond donors (Lipinski definition) is 1. The molecule has 200 valence electrons. The van der Waals surface area contributed by atoms with E-state index in [4.69, 9.17) is 9.15 Å². The van der Waals surface area contributed by atoms with E-state index in [1.54, 1.807) is 36.4 Å². The van der Waals surface area contributed by atoms with Gasteiger partial charge in [-0.1, -0.05) is 30.3 Å². The van der Waals surface area contributed by atoms with Crippen molar-refractivity contribution in [2.45, 2.75) is 25.0 Å². The molecular weight excluding hydrogens is 519 g/mol. The average molecular weight is 539 g/mol. The van der Waals surface area contributed by atoms with E-state index in [-0.39, 0.29) is 11.4 Å². The van der Waals surface area contributed by atoms with Crippen molar-refractivity contribution < 1.29 is 45.0 Å². The van der Waals surface area contributed by atoms with Crippen LogP contribution in [-0.2, 0) is 12.7 Å². The lowest BCUT2D eigenvalue weighted by molar-refractivity contribution is -0.200. The molecule has 0 spiro atoms. The lowest BCUT2D eigenvalue weighted by Crippen LogP contribution is -2.41. The van der Waals surface area contributed by atoms with Gasteiger partial charge in [0.05, 0.1) is 18.4 Å². The van der Waals surface area contributed by atoms with Crippen LogP contribution in [0.4, 0.5) is 36.4 Å². The van der Waals surface area contributed by atoms with Gasteiger partial charge in [0.2, 0.25) is 0 Å². The van der Waals surface area contributed by atoms with Crippen molar-refractivity contribution in [3.8, 4) is 22.8 Å². The number of alkyl halides is 6. The zero-order chi connectivity index (χ0) is 27.5. The minimum Gasteiger partial charge on any atom is -0.464 e. The highest BCUT2D eigenvalue weighted by Gasteiger charge is 2.40. The van der Waals surface area contributed by atoms with Crippen molar-refractivity contribution in [2.75, 3.05) is 11.4 Å². The van der Waals surface area contributed by atoms with Crippen molar-refractivity contribution in [1.82, 2.24) is 0 Å². The molecule has 4 rings (SSSR count). The third kappa shape index (κ3) is 6.46. The van der Waals surface area contributed by atoms with Crippen LogP contribution in [0.25, 0.3) is 11.3 Å². The molecule has 38 heavy (non-hydrogen) atoms. The van der Waals surface area contributed by atoms with Crippen LogP contribution >= 0.6 is 0 Å². The molecule has 0 radical (unpaired) electrons. The molecule has 1 heterocycles. The molecule has 0 aliphatic rings. The summed E-state index contributed by atoms with van der Waals surface area (Å²) in [5.41, 5.74) is -1.27. The first kappa shape index (κ1) is 27.1. The van der Waals surface area contributed by atoms with Crippen LogP contribution in [0, 0.1) is 5.82 Å². The van der Waals surface area contributed by atoms with E-state index >= 15 is 0 Å². The maximum Gasteiger partial charge on any atom is 0.419 e. The summed E-state index contributed by atoms with van der Waals surface area (Å²) >= 11 is 0. The Hall–Kier alpha value is -3.99. The van der Waals surface area contributed by atoms with Gasteiger partial charge in [0, 0.05) is 29.4 Å². The van der Waals surface area contributed by atoms with Crippen LogP contribution in [0.15, 0.2) is 89.5 Å². The Morgan fingerprint density at radius 3 is 2.18 bits per heavy atom. The number of benzene rings is 3. The molecule has 0 saturated carbocycles. The zero-order valence-corrected chi connectivity index (χ0v) is 19.4. The van der Waals surface area contributed by atoms with Crippen LogP contribution in [-0.4, -0.2) is 23.9 Å². The number of ether oxygens (including phenoxy) is 1. The number of nitrogens with zero attached hydrogens (tertiary/aromatic N) is 1. The molecule has 0 saturated heterocycles. The van der Waals surface area contributed by atoms with E-state index in [1.807, 2.05) is 0 Å². The highest BCUT2D eigenvalue weighted by Crippen LogP contribution is 2.35. The van der Waals surface area contributed by atoms with Crippen molar-refractivity contribution in [3.05, 3.63) is 102 Å². The fraction of sp³-hybridized carbons (Fsp3) is 0.185. The molecule has 1 atom stereocenters. The largest absolute Gasteiger partial charge is 0.464 e. The first-order valence-electron chi connectivity index (χ1n) is 11.2. The van der Waals surface area contributed by atoms with Gasteiger partial charge in [-0.2, -0.15) is 26.3 Å². The maximum absolute atomic E-state index is 14.7. The van der Waals surface area contributed by atoms with E-state index in [0.717, 1.165) is 17.0 Å². The minimum atomic E-state index is -5.01. The van der Waals surface area contributed by atoms with E-state index in [1.165, 1.54) is 30.5 Å². The predicted molar refractivity (Wildman–Crippen MR) is 125 cm³/mol. The fourth-order valence-corrected chi connectivity index (χ4v) is 3.74. The lowest BCUT2D eigenvalue weighted by Gasteiger charge is -2.29. The second-order valence-corrected chi connectivity index (χ2v) is 8.32. The Kier molecular flexibility index (Phi) is 7.68. The third-order valence-electron chi connectivity index (χ3n) is 5.57. The zero-order valence-electron chi connectivity index (χ0n) is 19.4. The smallest absolute Gasteiger partial charge is 0.419 e. The number of hydrogen-bond acceptors (Lipinski definition) is 4. The first-order chi connectivity index (χ1) is 17.9. The molecule has 1 N–H and O–H groups in total. The second kappa shape index (κ2) is 10.8. The summed E-state index contributed by atoms with van der Waals surface area (Å²) in [6.07, 6.45) is -11.3. The summed E-state index contributed by atoms with van der Waals surface area (Å²) in [5, 5.41) is 9.69. The van der Waals surface area contributed by atoms with Crippen LogP contribution in [0.5, 0.6) is 11.5 Å². The van der Waals surface area contributed by atoms with Crippen LogP contribution in [0.3, 0.4) is 0 Å². The quantitative estimate of drug-likeness (QED) is 0.232. The van der Waals surface area contributed by atoms with Crippen molar-refractivity contribution in [2.24, 2.45) is 0 Å². The van der Waals surface area contributed by atoms with Gasteiger partial charge in [-0.15, -0.1) is 0 Å². The standard InChI is InChI=1S/C27H20F7NO3/c28-25-18(6-2-10-22(25)26(29,30)31)15-35(16-24(36)27(32,33)34)19-7-3-9-21(14-19)38-20-8-1-5-17(13-20)23-11-4-12-37-23/h1-14,24,36H,15-16H2/t24-/m1/s1. The summed E-state index contributed by atoms with van der Waals surface area (Å²) < 4.78 is 105. The molecule has 4 nitrogen and oxygen atoms in total. The number of halogens is 7. The van der Waals surface area contributed by atoms with Gasteiger partial charge in [-0.3, -0.25) is 0 Å². The van der Waals surface area contributed by atoms with Crippen LogP contribution < -0.4 is 9.64 Å². The highest BCUT2D eigenvalue weighted by atomic mass is 19.4. The van der Waals surface area contributed by atoms with Crippen LogP contribution in [0.1, 0.15) is 11.1 Å². The van der Waals surface area contributed by atoms with Crippen molar-refractivity contribution in [1.29, 1.82) is 0 Å². The summed E-state index contributed by atoms with van der Waals surface area (Å²) in [6.45, 7) is -1.74. The molecule has 4 aromatic rings. The molecule has 0 aliphatic heterocycles. The van der Waals surface area contributed by atoms with E-state index < -0.39 is 48.5 Å². The normalized spacial score (nSPS) is 12.8. The van der Waals surface area contributed by atoms with Crippen molar-refractivity contribution >= 4 is 5.69 Å². The number of aliphatic hydroxyl groups excluding tert-OH is 1. The Bertz CT molecular complexity index is 1370. The molecule has 1 aromatic heterocycles. The Labute approximate surface area is 212 Å². The van der Waals surface area contributed by atoms with E-state index in [2.05, 4.69) is 0 Å². The molecule has 0 amide bonds. The molecule has 0 bridgehead atoms. The van der Waals surface area contributed by atoms with Gasteiger partial charge in [0.1, 0.15) is 23.1 Å². The monoisotopic (exact) mass is 539 g/mol. The number of aliphatic hydroxyl groups is 1. The summed E-state index contributed by atoms with van der Waals surface area (Å²) in [4.78, 5) is 0.933. The SMILES string of the molecule is O[C@H](CN(Cc1cccc(C(F)(F)F)c1F)c1cccc(Oc2cccc(-c3ccco3)c2)c1)C(F)(F)F. The topological polar surface area (TPSA) is 45.8 Å². The van der Waals surface area contributed by atoms with Gasteiger partial charge in [0.25, 0.3) is 0 Å². The number of rotatable bonds is 8. The molecular formula is C27H20F7NO3. The predicted octanol–water partition coefficient (Wildman–Crippen LogP) is 7.83. The van der Waals surface area contributed by atoms with Gasteiger partial charge >= 0.3 is 12.4 Å². The maximum atomic E-state index is 14.7. The third-order valence-corrected chi connectivity index (χ3v) is 5.57. The van der Waals surface area contributed by atoms with Gasteiger partial charge < -0.3 is 19.2 Å². The number of anilines is 1. The number of furan rings is 1. The fourth-order valence-electron chi connectivity index (χ4n) is 3.74. The van der Waals surface area contributed by atoms with Crippen LogP contribution in [0.2, 0.25) is 0 Å². The van der Waals surface area contributed by atoms with Crippen molar-refractivity contribution in [3.63, 3.8) is 0 Å². The lowest BCUT2D eigenvalue weighted by atomic mass is 10.1. The second-order valence-electron chi connectivity index (χ2n) is 8.32.